The van der Waals surface area contributed by atoms with Gasteiger partial charge in [-0.15, -0.1) is 0 Å². The molecule has 0 saturated heterocycles. The molecule has 0 radical (unpaired) electrons. The van der Waals surface area contributed by atoms with E-state index in [1.54, 1.807) is 25.2 Å². The Morgan fingerprint density at radius 3 is 2.25 bits per heavy atom. The molecule has 20 heavy (non-hydrogen) atoms. The highest BCUT2D eigenvalue weighted by Crippen LogP contribution is 2.34. The van der Waals surface area contributed by atoms with Crippen LogP contribution < -0.4 is 5.32 Å². The topological polar surface area (TPSA) is 29.1 Å². The van der Waals surface area contributed by atoms with Gasteiger partial charge < -0.3 is 5.32 Å². The molecule has 0 heterocycles. The van der Waals surface area contributed by atoms with Crippen molar-refractivity contribution in [3.63, 3.8) is 0 Å². The predicted molar refractivity (Wildman–Crippen MR) is 70.9 cm³/mol. The van der Waals surface area contributed by atoms with E-state index in [2.05, 4.69) is 5.32 Å². The molecule has 1 N–H and O–H groups in total. The quantitative estimate of drug-likeness (QED) is 0.861. The number of nitrogens with one attached hydrogen (secondary N) is 1. The SMILES string of the molecule is CNc1ccc(C(F)(F)F)c(C(=O)c2ccccc2)c1. The van der Waals surface area contributed by atoms with Crippen molar-refractivity contribution in [3.05, 3.63) is 65.2 Å². The number of halogens is 3. The fraction of sp³-hybridized carbons (Fsp3) is 0.133. The average molecular weight is 279 g/mol. The number of carbonyl (C=O) groups is 1. The summed E-state index contributed by atoms with van der Waals surface area (Å²) in [6.07, 6.45) is -4.56. The van der Waals surface area contributed by atoms with Gasteiger partial charge in [0.1, 0.15) is 0 Å². The van der Waals surface area contributed by atoms with E-state index in [4.69, 9.17) is 0 Å². The second-order valence-electron chi connectivity index (χ2n) is 4.20. The molecule has 0 atom stereocenters. The number of rotatable bonds is 3. The van der Waals surface area contributed by atoms with E-state index in [9.17, 15) is 18.0 Å². The number of alkyl halides is 3. The molecule has 0 saturated carbocycles. The second kappa shape index (κ2) is 5.36. The lowest BCUT2D eigenvalue weighted by atomic mass is 9.97. The molecule has 104 valence electrons. The molecule has 0 amide bonds. The Hall–Kier alpha value is -2.30. The van der Waals surface area contributed by atoms with Crippen molar-refractivity contribution < 1.29 is 18.0 Å². The summed E-state index contributed by atoms with van der Waals surface area (Å²) >= 11 is 0. The molecule has 2 nitrogen and oxygen atoms in total. The van der Waals surface area contributed by atoms with E-state index in [0.29, 0.717) is 5.69 Å². The van der Waals surface area contributed by atoms with E-state index in [0.717, 1.165) is 6.07 Å². The summed E-state index contributed by atoms with van der Waals surface area (Å²) in [6.45, 7) is 0. The average Bonchev–Trinajstić information content (AvgIpc) is 2.45. The van der Waals surface area contributed by atoms with Gasteiger partial charge in [-0.1, -0.05) is 30.3 Å². The highest BCUT2D eigenvalue weighted by Gasteiger charge is 2.35. The number of benzene rings is 2. The second-order valence-corrected chi connectivity index (χ2v) is 4.20. The molecule has 0 aromatic heterocycles. The van der Waals surface area contributed by atoms with Crippen molar-refractivity contribution in [2.75, 3.05) is 12.4 Å². The molecular formula is C15H12F3NO. The fourth-order valence-corrected chi connectivity index (χ4v) is 1.88. The summed E-state index contributed by atoms with van der Waals surface area (Å²) < 4.78 is 39.0. The first-order valence-electron chi connectivity index (χ1n) is 5.92. The number of anilines is 1. The van der Waals surface area contributed by atoms with Gasteiger partial charge >= 0.3 is 6.18 Å². The molecule has 0 aliphatic heterocycles. The van der Waals surface area contributed by atoms with E-state index in [1.807, 2.05) is 0 Å². The third-order valence-electron chi connectivity index (χ3n) is 2.89. The summed E-state index contributed by atoms with van der Waals surface area (Å²) in [5.41, 5.74) is -0.593. The first kappa shape index (κ1) is 14.1. The lowest BCUT2D eigenvalue weighted by Gasteiger charge is -2.13. The van der Waals surface area contributed by atoms with Gasteiger partial charge in [0.15, 0.2) is 5.78 Å². The fourth-order valence-electron chi connectivity index (χ4n) is 1.88. The predicted octanol–water partition coefficient (Wildman–Crippen LogP) is 3.98. The van der Waals surface area contributed by atoms with Gasteiger partial charge in [-0.25, -0.2) is 0 Å². The summed E-state index contributed by atoms with van der Waals surface area (Å²) in [5, 5.41) is 2.73. The first-order valence-corrected chi connectivity index (χ1v) is 5.92. The Labute approximate surface area is 114 Å². The normalized spacial score (nSPS) is 11.2. The van der Waals surface area contributed by atoms with E-state index < -0.39 is 17.5 Å². The van der Waals surface area contributed by atoms with Crippen LogP contribution in [0.4, 0.5) is 18.9 Å². The van der Waals surface area contributed by atoms with Crippen LogP contribution in [0.3, 0.4) is 0 Å². The summed E-state index contributed by atoms with van der Waals surface area (Å²) in [6, 6.07) is 11.4. The molecule has 2 aromatic rings. The molecule has 2 aromatic carbocycles. The van der Waals surface area contributed by atoms with E-state index >= 15 is 0 Å². The lowest BCUT2D eigenvalue weighted by Crippen LogP contribution is -2.14. The Balaban J connectivity index is 2.56. The van der Waals surface area contributed by atoms with Crippen LogP contribution in [0.5, 0.6) is 0 Å². The minimum absolute atomic E-state index is 0.228. The van der Waals surface area contributed by atoms with Gasteiger partial charge in [-0.2, -0.15) is 13.2 Å². The monoisotopic (exact) mass is 279 g/mol. The number of hydrogen-bond acceptors (Lipinski definition) is 2. The molecule has 0 unspecified atom stereocenters. The van der Waals surface area contributed by atoms with Crippen LogP contribution in [0.25, 0.3) is 0 Å². The minimum atomic E-state index is -4.56. The van der Waals surface area contributed by atoms with Crippen LogP contribution in [-0.4, -0.2) is 12.8 Å². The smallest absolute Gasteiger partial charge is 0.388 e. The summed E-state index contributed by atoms with van der Waals surface area (Å²) in [4.78, 5) is 12.3. The Kier molecular flexibility index (Phi) is 3.79. The van der Waals surface area contributed by atoms with E-state index in [1.165, 1.54) is 24.3 Å². The van der Waals surface area contributed by atoms with Gasteiger partial charge in [0, 0.05) is 23.9 Å². The van der Waals surface area contributed by atoms with Crippen molar-refractivity contribution in [1.29, 1.82) is 0 Å². The minimum Gasteiger partial charge on any atom is -0.388 e. The zero-order valence-electron chi connectivity index (χ0n) is 10.7. The maximum atomic E-state index is 13.0. The molecule has 0 fully saturated rings. The van der Waals surface area contributed by atoms with Gasteiger partial charge in [0.05, 0.1) is 5.56 Å². The number of hydrogen-bond donors (Lipinski definition) is 1. The van der Waals surface area contributed by atoms with Crippen LogP contribution in [0, 0.1) is 0 Å². The Bertz CT molecular complexity index is 621. The third-order valence-corrected chi connectivity index (χ3v) is 2.89. The maximum absolute atomic E-state index is 13.0. The van der Waals surface area contributed by atoms with Crippen molar-refractivity contribution >= 4 is 11.5 Å². The van der Waals surface area contributed by atoms with Gasteiger partial charge in [-0.3, -0.25) is 4.79 Å². The number of ketones is 1. The number of carbonyl (C=O) groups excluding carboxylic acids is 1. The molecule has 0 aliphatic rings. The molecule has 0 bridgehead atoms. The van der Waals surface area contributed by atoms with Crippen LogP contribution in [0.2, 0.25) is 0 Å². The molecular weight excluding hydrogens is 267 g/mol. The summed E-state index contributed by atoms with van der Waals surface area (Å²) in [5.74, 6) is -0.643. The highest BCUT2D eigenvalue weighted by atomic mass is 19.4. The van der Waals surface area contributed by atoms with E-state index in [-0.39, 0.29) is 11.1 Å². The van der Waals surface area contributed by atoms with Crippen molar-refractivity contribution in [1.82, 2.24) is 0 Å². The van der Waals surface area contributed by atoms with Crippen LogP contribution in [0.15, 0.2) is 48.5 Å². The Morgan fingerprint density at radius 2 is 1.70 bits per heavy atom. The summed E-state index contributed by atoms with van der Waals surface area (Å²) in [7, 11) is 1.58. The maximum Gasteiger partial charge on any atom is 0.417 e. The molecule has 5 heteroatoms. The molecule has 0 spiro atoms. The highest BCUT2D eigenvalue weighted by molar-refractivity contribution is 6.10. The zero-order chi connectivity index (χ0) is 14.8. The van der Waals surface area contributed by atoms with Crippen LogP contribution in [0.1, 0.15) is 21.5 Å². The third kappa shape index (κ3) is 2.82. The molecule has 2 rings (SSSR count). The van der Waals surface area contributed by atoms with Crippen LogP contribution in [-0.2, 0) is 6.18 Å². The Morgan fingerprint density at radius 1 is 1.05 bits per heavy atom. The zero-order valence-corrected chi connectivity index (χ0v) is 10.7. The largest absolute Gasteiger partial charge is 0.417 e. The standard InChI is InChI=1S/C15H12F3NO/c1-19-11-7-8-13(15(16,17)18)12(9-11)14(20)10-5-3-2-4-6-10/h2-9,19H,1H3. The van der Waals surface area contributed by atoms with Gasteiger partial charge in [0.2, 0.25) is 0 Å². The first-order chi connectivity index (χ1) is 9.43. The van der Waals surface area contributed by atoms with Crippen molar-refractivity contribution in [2.45, 2.75) is 6.18 Å². The van der Waals surface area contributed by atoms with Gasteiger partial charge in [-0.05, 0) is 18.2 Å². The van der Waals surface area contributed by atoms with Crippen molar-refractivity contribution in [2.24, 2.45) is 0 Å². The van der Waals surface area contributed by atoms with Gasteiger partial charge in [0.25, 0.3) is 0 Å². The van der Waals surface area contributed by atoms with Crippen molar-refractivity contribution in [3.8, 4) is 0 Å². The lowest BCUT2D eigenvalue weighted by molar-refractivity contribution is -0.137. The molecule has 0 aliphatic carbocycles. The van der Waals surface area contributed by atoms with Crippen LogP contribution >= 0.6 is 0 Å².